The zero-order chi connectivity index (χ0) is 9.42. The van der Waals surface area contributed by atoms with E-state index < -0.39 is 11.6 Å². The highest BCUT2D eigenvalue weighted by atomic mass is 32.2. The fourth-order valence-electron chi connectivity index (χ4n) is 1.09. The topological polar surface area (TPSA) is 28.7 Å². The molecule has 0 amide bonds. The minimum atomic E-state index is -0.894. The van der Waals surface area contributed by atoms with Crippen LogP contribution in [-0.2, 0) is 0 Å². The number of hydrogen-bond donors (Lipinski definition) is 1. The third-order valence-corrected chi connectivity index (χ3v) is 2.30. The summed E-state index contributed by atoms with van der Waals surface area (Å²) in [5.41, 5.74) is 0.576. The Morgan fingerprint density at radius 1 is 1.38 bits per heavy atom. The largest absolute Gasteiger partial charge is 0.333 e. The van der Waals surface area contributed by atoms with Crippen LogP contribution in [0.2, 0.25) is 0 Å². The molecule has 2 nitrogen and oxygen atoms in total. The molecule has 1 N–H and O–H groups in total. The van der Waals surface area contributed by atoms with Crippen molar-refractivity contribution in [1.29, 1.82) is 0 Å². The van der Waals surface area contributed by atoms with Crippen molar-refractivity contribution in [2.45, 2.75) is 5.16 Å². The number of nitrogens with zero attached hydrogens (tertiary/aromatic N) is 1. The molecule has 0 saturated carbocycles. The molecule has 68 valence electrons. The van der Waals surface area contributed by atoms with Gasteiger partial charge in [-0.1, -0.05) is 11.8 Å². The Labute approximate surface area is 77.4 Å². The lowest BCUT2D eigenvalue weighted by atomic mass is 10.3. The number of hydrogen-bond acceptors (Lipinski definition) is 2. The van der Waals surface area contributed by atoms with Crippen molar-refractivity contribution in [2.24, 2.45) is 0 Å². The molecule has 0 aliphatic rings. The molecule has 1 aromatic heterocycles. The smallest absolute Gasteiger partial charge is 0.186 e. The number of fused-ring (bicyclic) bond motifs is 1. The lowest BCUT2D eigenvalue weighted by Gasteiger charge is -1.90. The molecular formula is C8H6F2N2S. The van der Waals surface area contributed by atoms with Gasteiger partial charge in [0.05, 0.1) is 5.52 Å². The van der Waals surface area contributed by atoms with Crippen LogP contribution in [0.3, 0.4) is 0 Å². The van der Waals surface area contributed by atoms with Crippen LogP contribution in [0.4, 0.5) is 8.78 Å². The average molecular weight is 200 g/mol. The van der Waals surface area contributed by atoms with Gasteiger partial charge in [0, 0.05) is 0 Å². The predicted molar refractivity (Wildman–Crippen MR) is 47.8 cm³/mol. The van der Waals surface area contributed by atoms with E-state index in [4.69, 9.17) is 0 Å². The number of imidazole rings is 1. The van der Waals surface area contributed by atoms with Crippen LogP contribution >= 0.6 is 11.8 Å². The zero-order valence-corrected chi connectivity index (χ0v) is 7.58. The normalized spacial score (nSPS) is 11.0. The second-order valence-electron chi connectivity index (χ2n) is 2.50. The second-order valence-corrected chi connectivity index (χ2v) is 3.30. The highest BCUT2D eigenvalue weighted by Crippen LogP contribution is 2.21. The van der Waals surface area contributed by atoms with Crippen molar-refractivity contribution in [2.75, 3.05) is 6.26 Å². The van der Waals surface area contributed by atoms with Gasteiger partial charge in [0.15, 0.2) is 16.8 Å². The lowest BCUT2D eigenvalue weighted by molar-refractivity contribution is 0.515. The maximum Gasteiger partial charge on any atom is 0.186 e. The molecule has 0 bridgehead atoms. The Bertz CT molecular complexity index is 453. The summed E-state index contributed by atoms with van der Waals surface area (Å²) in [5.74, 6) is -1.76. The van der Waals surface area contributed by atoms with Crippen molar-refractivity contribution in [1.82, 2.24) is 9.97 Å². The van der Waals surface area contributed by atoms with Crippen molar-refractivity contribution < 1.29 is 8.78 Å². The Hall–Kier alpha value is -1.10. The van der Waals surface area contributed by atoms with E-state index in [9.17, 15) is 8.78 Å². The second kappa shape index (κ2) is 2.99. The Kier molecular flexibility index (Phi) is 1.95. The molecule has 0 atom stereocenters. The quantitative estimate of drug-likeness (QED) is 0.717. The molecule has 0 fully saturated rings. The van der Waals surface area contributed by atoms with E-state index >= 15 is 0 Å². The first kappa shape index (κ1) is 8.50. The molecule has 0 radical (unpaired) electrons. The third-order valence-electron chi connectivity index (χ3n) is 1.72. The van der Waals surface area contributed by atoms with Crippen molar-refractivity contribution in [3.05, 3.63) is 23.8 Å². The number of aromatic nitrogens is 2. The van der Waals surface area contributed by atoms with E-state index in [1.807, 2.05) is 6.26 Å². The Morgan fingerprint density at radius 2 is 2.15 bits per heavy atom. The minimum Gasteiger partial charge on any atom is -0.333 e. The van der Waals surface area contributed by atoms with Gasteiger partial charge in [0.1, 0.15) is 5.52 Å². The monoisotopic (exact) mass is 200 g/mol. The summed E-state index contributed by atoms with van der Waals surface area (Å²) < 4.78 is 25.8. The summed E-state index contributed by atoms with van der Waals surface area (Å²) in [7, 11) is 0. The molecular weight excluding hydrogens is 194 g/mol. The van der Waals surface area contributed by atoms with Crippen LogP contribution in [0.1, 0.15) is 0 Å². The van der Waals surface area contributed by atoms with Crippen LogP contribution < -0.4 is 0 Å². The molecule has 0 aliphatic carbocycles. The predicted octanol–water partition coefficient (Wildman–Crippen LogP) is 2.56. The number of halogens is 2. The van der Waals surface area contributed by atoms with Crippen molar-refractivity contribution >= 4 is 22.8 Å². The van der Waals surface area contributed by atoms with Gasteiger partial charge in [-0.15, -0.1) is 0 Å². The van der Waals surface area contributed by atoms with Gasteiger partial charge in [-0.25, -0.2) is 13.8 Å². The van der Waals surface area contributed by atoms with E-state index in [0.717, 1.165) is 6.07 Å². The summed E-state index contributed by atoms with van der Waals surface area (Å²) in [5, 5.41) is 0.583. The molecule has 0 aliphatic heterocycles. The fraction of sp³-hybridized carbons (Fsp3) is 0.125. The van der Waals surface area contributed by atoms with Crippen molar-refractivity contribution in [3.63, 3.8) is 0 Å². The highest BCUT2D eigenvalue weighted by molar-refractivity contribution is 7.98. The first-order valence-electron chi connectivity index (χ1n) is 3.60. The molecule has 0 saturated heterocycles. The Balaban J connectivity index is 2.76. The zero-order valence-electron chi connectivity index (χ0n) is 6.77. The van der Waals surface area contributed by atoms with E-state index in [2.05, 4.69) is 9.97 Å². The maximum atomic E-state index is 13.1. The van der Waals surface area contributed by atoms with Gasteiger partial charge in [-0.3, -0.25) is 0 Å². The van der Waals surface area contributed by atoms with Crippen LogP contribution in [0, 0.1) is 11.6 Å². The number of thioether (sulfide) groups is 1. The number of rotatable bonds is 1. The van der Waals surface area contributed by atoms with Gasteiger partial charge in [-0.05, 0) is 18.4 Å². The first-order valence-corrected chi connectivity index (χ1v) is 4.82. The molecule has 5 heteroatoms. The van der Waals surface area contributed by atoms with E-state index in [1.54, 1.807) is 0 Å². The van der Waals surface area contributed by atoms with Crippen LogP contribution in [0.5, 0.6) is 0 Å². The highest BCUT2D eigenvalue weighted by Gasteiger charge is 2.10. The van der Waals surface area contributed by atoms with Gasteiger partial charge in [0.25, 0.3) is 0 Å². The van der Waals surface area contributed by atoms with Crippen molar-refractivity contribution in [3.8, 4) is 0 Å². The van der Waals surface area contributed by atoms with Gasteiger partial charge in [0.2, 0.25) is 0 Å². The Morgan fingerprint density at radius 3 is 2.85 bits per heavy atom. The molecule has 2 rings (SSSR count). The number of H-pyrrole nitrogens is 1. The fourth-order valence-corrected chi connectivity index (χ4v) is 1.49. The summed E-state index contributed by atoms with van der Waals surface area (Å²) in [6.45, 7) is 0. The third kappa shape index (κ3) is 1.29. The number of aromatic amines is 1. The number of nitrogens with one attached hydrogen (secondary N) is 1. The molecule has 13 heavy (non-hydrogen) atoms. The molecule has 1 heterocycles. The standard InChI is InChI=1S/C8H6F2N2S/c1-13-8-11-5-3-2-4(9)6(10)7(5)12-8/h2-3H,1H3,(H,11,12). The van der Waals surface area contributed by atoms with Gasteiger partial charge >= 0.3 is 0 Å². The SMILES string of the molecule is CSc1nc2c(F)c(F)ccc2[nH]1. The van der Waals surface area contributed by atoms with Crippen LogP contribution in [-0.4, -0.2) is 16.2 Å². The molecule has 0 spiro atoms. The summed E-state index contributed by atoms with van der Waals surface area (Å²) >= 11 is 1.35. The van der Waals surface area contributed by atoms with Crippen LogP contribution in [0.25, 0.3) is 11.0 Å². The molecule has 0 unspecified atom stereocenters. The first-order chi connectivity index (χ1) is 6.22. The summed E-state index contributed by atoms with van der Waals surface area (Å²) in [6, 6.07) is 2.56. The molecule has 2 aromatic rings. The summed E-state index contributed by atoms with van der Waals surface area (Å²) in [6.07, 6.45) is 1.81. The van der Waals surface area contributed by atoms with E-state index in [-0.39, 0.29) is 5.52 Å². The average Bonchev–Trinajstić information content (AvgIpc) is 2.55. The minimum absolute atomic E-state index is 0.0596. The van der Waals surface area contributed by atoms with E-state index in [0.29, 0.717) is 10.7 Å². The summed E-state index contributed by atoms with van der Waals surface area (Å²) in [4.78, 5) is 6.74. The van der Waals surface area contributed by atoms with Gasteiger partial charge < -0.3 is 4.98 Å². The number of benzene rings is 1. The molecule has 1 aromatic carbocycles. The van der Waals surface area contributed by atoms with E-state index in [1.165, 1.54) is 17.8 Å². The van der Waals surface area contributed by atoms with Gasteiger partial charge in [-0.2, -0.15) is 0 Å². The lowest BCUT2D eigenvalue weighted by Crippen LogP contribution is -1.84. The van der Waals surface area contributed by atoms with Crippen LogP contribution in [0.15, 0.2) is 17.3 Å². The maximum absolute atomic E-state index is 13.1.